The van der Waals surface area contributed by atoms with Crippen LogP contribution in [0.1, 0.15) is 38.2 Å². The average Bonchev–Trinajstić information content (AvgIpc) is 3.09. The standard InChI is InChI=1S/C25H21F3O5SSi.CO2/c1-14-5-8-17-20(11-14)24(32-23(17)29)18-9-6-15(2)12-21(18)35(3,4)22-13-16(7-10-19(22)24)33-34(30,31)25(26,27)28;2-1-3/h5-13H,1-4H3;. The molecule has 0 aliphatic carbocycles. The number of hydrogen-bond acceptors (Lipinski definition) is 7. The van der Waals surface area contributed by atoms with E-state index in [-0.39, 0.29) is 6.15 Å². The quantitative estimate of drug-likeness (QED) is 0.204. The Bertz CT molecular complexity index is 1620. The van der Waals surface area contributed by atoms with E-state index < -0.39 is 41.0 Å². The molecule has 2 heterocycles. The van der Waals surface area contributed by atoms with Gasteiger partial charge in [-0.25, -0.2) is 4.79 Å². The lowest BCUT2D eigenvalue weighted by molar-refractivity contribution is -0.191. The van der Waals surface area contributed by atoms with Crippen molar-refractivity contribution in [2.24, 2.45) is 0 Å². The number of alkyl halides is 3. The Morgan fingerprint density at radius 2 is 1.39 bits per heavy atom. The van der Waals surface area contributed by atoms with Crippen LogP contribution in [0.25, 0.3) is 0 Å². The van der Waals surface area contributed by atoms with Crippen molar-refractivity contribution in [1.82, 2.24) is 0 Å². The molecule has 2 aliphatic heterocycles. The second kappa shape index (κ2) is 8.93. The van der Waals surface area contributed by atoms with E-state index in [0.717, 1.165) is 21.9 Å². The van der Waals surface area contributed by atoms with E-state index in [1.54, 1.807) is 6.07 Å². The SMILES string of the molecule is Cc1ccc2c(c1)C1(OC2=O)c2ccc(C)cc2[Si](C)(C)c2cc(OS(=O)(=O)C(F)(F)F)ccc21.O=C=O. The highest BCUT2D eigenvalue weighted by Gasteiger charge is 2.56. The normalized spacial score (nSPS) is 18.8. The lowest BCUT2D eigenvalue weighted by Gasteiger charge is -2.44. The first-order chi connectivity index (χ1) is 17.6. The maximum atomic E-state index is 13.0. The van der Waals surface area contributed by atoms with Crippen LogP contribution in [0.15, 0.2) is 54.6 Å². The third-order valence-electron chi connectivity index (χ3n) is 6.78. The van der Waals surface area contributed by atoms with Crippen LogP contribution in [0.3, 0.4) is 0 Å². The number of aryl methyl sites for hydroxylation is 2. The van der Waals surface area contributed by atoms with Crippen LogP contribution in [0.4, 0.5) is 13.2 Å². The Hall–Kier alpha value is -3.73. The van der Waals surface area contributed by atoms with Crippen LogP contribution < -0.4 is 14.6 Å². The van der Waals surface area contributed by atoms with E-state index in [2.05, 4.69) is 4.18 Å². The summed E-state index contributed by atoms with van der Waals surface area (Å²) in [7, 11) is -8.46. The van der Waals surface area contributed by atoms with E-state index in [1.807, 2.05) is 57.3 Å². The van der Waals surface area contributed by atoms with Gasteiger partial charge in [0.1, 0.15) is 13.8 Å². The molecular formula is C26H21F3O7SSi. The first-order valence-electron chi connectivity index (χ1n) is 11.2. The fourth-order valence-electron chi connectivity index (χ4n) is 5.12. The minimum Gasteiger partial charge on any atom is -0.441 e. The second-order valence-electron chi connectivity index (χ2n) is 9.57. The summed E-state index contributed by atoms with van der Waals surface area (Å²) in [5.41, 5.74) is -2.51. The van der Waals surface area contributed by atoms with Crippen molar-refractivity contribution in [2.45, 2.75) is 38.1 Å². The zero-order chi connectivity index (χ0) is 28.3. The van der Waals surface area contributed by atoms with Gasteiger partial charge in [-0.3, -0.25) is 0 Å². The Morgan fingerprint density at radius 1 is 0.868 bits per heavy atom. The molecule has 1 atom stereocenters. The van der Waals surface area contributed by atoms with Gasteiger partial charge < -0.3 is 8.92 Å². The molecule has 0 saturated carbocycles. The van der Waals surface area contributed by atoms with Crippen LogP contribution in [0, 0.1) is 13.8 Å². The molecule has 3 aromatic rings. The number of ether oxygens (including phenoxy) is 1. The third-order valence-corrected chi connectivity index (χ3v) is 11.3. The summed E-state index contributed by atoms with van der Waals surface area (Å²) in [5.74, 6) is -0.944. The number of carbonyl (C=O) groups excluding carboxylic acids is 3. The molecule has 0 fully saturated rings. The number of rotatable bonds is 2. The molecule has 5 rings (SSSR count). The number of benzene rings is 3. The number of esters is 1. The van der Waals surface area contributed by atoms with Crippen molar-refractivity contribution in [1.29, 1.82) is 0 Å². The first-order valence-corrected chi connectivity index (χ1v) is 15.6. The van der Waals surface area contributed by atoms with Crippen molar-refractivity contribution in [3.05, 3.63) is 88.0 Å². The maximum absolute atomic E-state index is 13.0. The second-order valence-corrected chi connectivity index (χ2v) is 15.4. The highest BCUT2D eigenvalue weighted by molar-refractivity contribution is 7.88. The Kier molecular flexibility index (Phi) is 6.42. The number of fused-ring (bicyclic) bond motifs is 6. The molecule has 1 unspecified atom stereocenters. The fraction of sp³-hybridized carbons (Fsp3) is 0.231. The van der Waals surface area contributed by atoms with Crippen LogP contribution in [-0.4, -0.2) is 34.1 Å². The molecule has 198 valence electrons. The molecule has 0 saturated heterocycles. The van der Waals surface area contributed by atoms with Crippen LogP contribution in [0.5, 0.6) is 5.75 Å². The van der Waals surface area contributed by atoms with Gasteiger partial charge in [0.15, 0.2) is 5.60 Å². The van der Waals surface area contributed by atoms with Gasteiger partial charge in [-0.15, -0.1) is 0 Å². The minimum absolute atomic E-state index is 0.250. The highest BCUT2D eigenvalue weighted by Crippen LogP contribution is 2.49. The third kappa shape index (κ3) is 4.05. The molecule has 2 aliphatic rings. The van der Waals surface area contributed by atoms with Crippen LogP contribution in [-0.2, 0) is 30.0 Å². The van der Waals surface area contributed by atoms with Crippen molar-refractivity contribution in [2.75, 3.05) is 0 Å². The molecule has 1 spiro atoms. The molecule has 0 N–H and O–H groups in total. The van der Waals surface area contributed by atoms with Gasteiger partial charge in [-0.1, -0.05) is 60.6 Å². The molecule has 38 heavy (non-hydrogen) atoms. The predicted molar refractivity (Wildman–Crippen MR) is 131 cm³/mol. The van der Waals surface area contributed by atoms with Crippen molar-refractivity contribution in [3.63, 3.8) is 0 Å². The van der Waals surface area contributed by atoms with Gasteiger partial charge in [0, 0.05) is 16.7 Å². The molecule has 12 heteroatoms. The van der Waals surface area contributed by atoms with Crippen molar-refractivity contribution >= 4 is 40.7 Å². The van der Waals surface area contributed by atoms with Gasteiger partial charge in [0.2, 0.25) is 0 Å². The maximum Gasteiger partial charge on any atom is 0.534 e. The molecular weight excluding hydrogens is 541 g/mol. The molecule has 0 radical (unpaired) electrons. The van der Waals surface area contributed by atoms with Crippen LogP contribution >= 0.6 is 0 Å². The monoisotopic (exact) mass is 562 g/mol. The number of carbonyl (C=O) groups is 1. The zero-order valence-corrected chi connectivity index (χ0v) is 22.4. The largest absolute Gasteiger partial charge is 0.534 e. The van der Waals surface area contributed by atoms with E-state index in [1.165, 1.54) is 18.2 Å². The molecule has 3 aromatic carbocycles. The first kappa shape index (κ1) is 27.3. The molecule has 0 amide bonds. The van der Waals surface area contributed by atoms with Gasteiger partial charge in [-0.2, -0.15) is 31.2 Å². The van der Waals surface area contributed by atoms with Crippen LogP contribution in [0.2, 0.25) is 13.1 Å². The lowest BCUT2D eigenvalue weighted by Crippen LogP contribution is -2.63. The van der Waals surface area contributed by atoms with Gasteiger partial charge >= 0.3 is 27.7 Å². The summed E-state index contributed by atoms with van der Waals surface area (Å²) in [6.07, 6.45) is 0.250. The summed E-state index contributed by atoms with van der Waals surface area (Å²) in [6.45, 7) is 7.87. The predicted octanol–water partition coefficient (Wildman–Crippen LogP) is 3.55. The van der Waals surface area contributed by atoms with E-state index in [9.17, 15) is 26.4 Å². The summed E-state index contributed by atoms with van der Waals surface area (Å²) >= 11 is 0. The highest BCUT2D eigenvalue weighted by atomic mass is 32.2. The van der Waals surface area contributed by atoms with E-state index in [4.69, 9.17) is 14.3 Å². The van der Waals surface area contributed by atoms with Gasteiger partial charge in [-0.05, 0) is 42.4 Å². The number of hydrogen-bond donors (Lipinski definition) is 0. The summed E-state index contributed by atoms with van der Waals surface area (Å²) < 4.78 is 72.9. The summed E-state index contributed by atoms with van der Waals surface area (Å²) in [6, 6.07) is 15.3. The lowest BCUT2D eigenvalue weighted by atomic mass is 9.78. The van der Waals surface area contributed by atoms with E-state index in [0.29, 0.717) is 21.9 Å². The Labute approximate surface area is 217 Å². The molecule has 0 aromatic heterocycles. The smallest absolute Gasteiger partial charge is 0.441 e. The topological polar surface area (TPSA) is 104 Å². The number of halogens is 3. The van der Waals surface area contributed by atoms with E-state index >= 15 is 0 Å². The fourth-order valence-corrected chi connectivity index (χ4v) is 8.82. The summed E-state index contributed by atoms with van der Waals surface area (Å²) in [4.78, 5) is 29.3. The van der Waals surface area contributed by atoms with Crippen molar-refractivity contribution in [3.8, 4) is 5.75 Å². The average molecular weight is 563 g/mol. The van der Waals surface area contributed by atoms with Gasteiger partial charge in [0.05, 0.1) is 5.56 Å². The zero-order valence-electron chi connectivity index (χ0n) is 20.6. The Morgan fingerprint density at radius 3 is 2.00 bits per heavy atom. The van der Waals surface area contributed by atoms with Gasteiger partial charge in [0.25, 0.3) is 0 Å². The minimum atomic E-state index is -5.84. The van der Waals surface area contributed by atoms with Crippen molar-refractivity contribution < 1.29 is 44.9 Å². The Balaban J connectivity index is 0.00000107. The summed E-state index contributed by atoms with van der Waals surface area (Å²) in [5, 5.41) is 1.58. The molecule has 0 bridgehead atoms. The molecule has 7 nitrogen and oxygen atoms in total.